The predicted octanol–water partition coefficient (Wildman–Crippen LogP) is 0.468. The number of nitrogens with zero attached hydrogens (tertiary/aromatic N) is 6. The van der Waals surface area contributed by atoms with Gasteiger partial charge in [-0.15, -0.1) is 0 Å². The van der Waals surface area contributed by atoms with Gasteiger partial charge >= 0.3 is 0 Å². The second-order valence-corrected chi connectivity index (χ2v) is 4.21. The minimum Gasteiger partial charge on any atom is -0.368 e. The molecule has 0 spiro atoms. The average molecular weight is 284 g/mol. The maximum Gasteiger partial charge on any atom is 0.257 e. The first-order valence-corrected chi connectivity index (χ1v) is 5.25. The van der Waals surface area contributed by atoms with Gasteiger partial charge < -0.3 is 10.6 Å². The number of hydrogen-bond acceptors (Lipinski definition) is 6. The number of nitrogens with two attached hydrogens (primary N) is 1. The van der Waals surface area contributed by atoms with Crippen molar-refractivity contribution in [1.29, 1.82) is 0 Å². The molecule has 0 aliphatic heterocycles. The maximum atomic E-state index is 5.60. The van der Waals surface area contributed by atoms with Gasteiger partial charge in [0.05, 0.1) is 10.7 Å². The van der Waals surface area contributed by atoms with E-state index in [2.05, 4.69) is 36.0 Å². The van der Waals surface area contributed by atoms with Crippen molar-refractivity contribution in [3.63, 3.8) is 0 Å². The summed E-state index contributed by atoms with van der Waals surface area (Å²) in [6.45, 7) is 0. The Morgan fingerprint density at radius 2 is 2.06 bits per heavy atom. The average Bonchev–Trinajstić information content (AvgIpc) is 2.64. The Morgan fingerprint density at radius 3 is 2.62 bits per heavy atom. The second kappa shape index (κ2) is 4.05. The number of aromatic nitrogens is 5. The number of halogens is 1. The molecule has 2 aromatic heterocycles. The van der Waals surface area contributed by atoms with Crippen LogP contribution in [0.5, 0.6) is 0 Å². The molecule has 0 bridgehead atoms. The highest BCUT2D eigenvalue weighted by Gasteiger charge is 2.08. The van der Waals surface area contributed by atoms with Crippen molar-refractivity contribution in [2.75, 3.05) is 24.7 Å². The Kier molecular flexibility index (Phi) is 2.73. The lowest BCUT2D eigenvalue weighted by Crippen LogP contribution is -2.16. The quantitative estimate of drug-likeness (QED) is 0.862. The first-order valence-electron chi connectivity index (χ1n) is 4.45. The van der Waals surface area contributed by atoms with Crippen LogP contribution in [0, 0.1) is 0 Å². The molecular weight excluding hydrogens is 274 g/mol. The van der Waals surface area contributed by atoms with Gasteiger partial charge in [-0.25, -0.2) is 4.68 Å². The lowest BCUT2D eigenvalue weighted by Gasteiger charge is -2.10. The molecule has 2 aromatic rings. The summed E-state index contributed by atoms with van der Waals surface area (Å²) in [5.41, 5.74) is 5.60. The highest BCUT2D eigenvalue weighted by atomic mass is 79.9. The van der Waals surface area contributed by atoms with E-state index in [-0.39, 0.29) is 5.95 Å². The van der Waals surface area contributed by atoms with Gasteiger partial charge in [-0.05, 0) is 15.9 Å². The van der Waals surface area contributed by atoms with Crippen LogP contribution in [0.1, 0.15) is 0 Å². The summed E-state index contributed by atoms with van der Waals surface area (Å²) in [6.07, 6.45) is 3.39. The molecule has 0 aliphatic rings. The third-order valence-electron chi connectivity index (χ3n) is 1.79. The van der Waals surface area contributed by atoms with Crippen LogP contribution >= 0.6 is 15.9 Å². The number of anilines is 2. The molecule has 7 nitrogen and oxygen atoms in total. The van der Waals surface area contributed by atoms with Crippen molar-refractivity contribution in [2.45, 2.75) is 0 Å². The molecular formula is C8H10BrN7. The fourth-order valence-electron chi connectivity index (χ4n) is 1.08. The molecule has 0 unspecified atom stereocenters. The largest absolute Gasteiger partial charge is 0.368 e. The summed E-state index contributed by atoms with van der Waals surface area (Å²) in [7, 11) is 3.66. The van der Waals surface area contributed by atoms with E-state index in [9.17, 15) is 0 Å². The van der Waals surface area contributed by atoms with Crippen LogP contribution < -0.4 is 10.6 Å². The van der Waals surface area contributed by atoms with Crippen molar-refractivity contribution in [3.8, 4) is 5.95 Å². The molecule has 2 heterocycles. The van der Waals surface area contributed by atoms with Gasteiger partial charge in [0, 0.05) is 20.3 Å². The van der Waals surface area contributed by atoms with Crippen LogP contribution in [0.4, 0.5) is 11.9 Å². The molecule has 16 heavy (non-hydrogen) atoms. The van der Waals surface area contributed by atoms with E-state index in [0.29, 0.717) is 11.9 Å². The highest BCUT2D eigenvalue weighted by molar-refractivity contribution is 9.10. The lowest BCUT2D eigenvalue weighted by atomic mass is 10.7. The zero-order valence-electron chi connectivity index (χ0n) is 8.79. The zero-order chi connectivity index (χ0) is 11.7. The number of hydrogen-bond donors (Lipinski definition) is 1. The van der Waals surface area contributed by atoms with Crippen LogP contribution in [0.15, 0.2) is 16.9 Å². The van der Waals surface area contributed by atoms with Gasteiger partial charge in [-0.1, -0.05) is 0 Å². The summed E-state index contributed by atoms with van der Waals surface area (Å²) >= 11 is 3.30. The van der Waals surface area contributed by atoms with Crippen LogP contribution in [0.25, 0.3) is 5.95 Å². The molecule has 0 atom stereocenters. The molecule has 0 saturated carbocycles. The van der Waals surface area contributed by atoms with Gasteiger partial charge in [-0.3, -0.25) is 0 Å². The predicted molar refractivity (Wildman–Crippen MR) is 63.4 cm³/mol. The van der Waals surface area contributed by atoms with Crippen molar-refractivity contribution in [3.05, 3.63) is 16.9 Å². The third-order valence-corrected chi connectivity index (χ3v) is 2.19. The summed E-state index contributed by atoms with van der Waals surface area (Å²) < 4.78 is 2.37. The number of nitrogen functional groups attached to an aromatic ring is 1. The van der Waals surface area contributed by atoms with E-state index >= 15 is 0 Å². The van der Waals surface area contributed by atoms with Gasteiger partial charge in [0.15, 0.2) is 0 Å². The molecule has 0 saturated heterocycles. The summed E-state index contributed by atoms with van der Waals surface area (Å²) in [4.78, 5) is 14.0. The van der Waals surface area contributed by atoms with E-state index in [1.54, 1.807) is 17.3 Å². The van der Waals surface area contributed by atoms with Crippen molar-refractivity contribution in [1.82, 2.24) is 24.7 Å². The zero-order valence-corrected chi connectivity index (χ0v) is 10.4. The van der Waals surface area contributed by atoms with E-state index in [1.807, 2.05) is 14.1 Å². The smallest absolute Gasteiger partial charge is 0.257 e. The van der Waals surface area contributed by atoms with E-state index in [1.165, 1.54) is 4.68 Å². The second-order valence-electron chi connectivity index (χ2n) is 3.29. The van der Waals surface area contributed by atoms with Crippen molar-refractivity contribution < 1.29 is 0 Å². The lowest BCUT2D eigenvalue weighted by molar-refractivity contribution is 0.792. The summed E-state index contributed by atoms with van der Waals surface area (Å²) in [5.74, 6) is 1.05. The Hall–Kier alpha value is -1.70. The molecule has 0 amide bonds. The first kappa shape index (κ1) is 10.8. The summed E-state index contributed by atoms with van der Waals surface area (Å²) in [6, 6.07) is 0. The minimum absolute atomic E-state index is 0.167. The van der Waals surface area contributed by atoms with Crippen LogP contribution in [0.2, 0.25) is 0 Å². The fraction of sp³-hybridized carbons (Fsp3) is 0.250. The minimum atomic E-state index is 0.167. The van der Waals surface area contributed by atoms with Gasteiger partial charge in [-0.2, -0.15) is 20.1 Å². The van der Waals surface area contributed by atoms with Crippen molar-refractivity contribution >= 4 is 27.8 Å². The third kappa shape index (κ3) is 2.11. The molecule has 8 heteroatoms. The Balaban J connectivity index is 2.49. The molecule has 0 aromatic carbocycles. The van der Waals surface area contributed by atoms with Gasteiger partial charge in [0.25, 0.3) is 5.95 Å². The standard InChI is InChI=1S/C8H10BrN7/c1-15(2)7-12-6(10)13-8(14-7)16-4-5(9)3-11-16/h3-4H,1-2H3,(H2,10,12,13,14). The van der Waals surface area contributed by atoms with Gasteiger partial charge in [0.2, 0.25) is 11.9 Å². The normalized spacial score (nSPS) is 10.4. The monoisotopic (exact) mass is 283 g/mol. The number of rotatable bonds is 2. The van der Waals surface area contributed by atoms with Crippen LogP contribution in [-0.2, 0) is 0 Å². The van der Waals surface area contributed by atoms with E-state index < -0.39 is 0 Å². The highest BCUT2D eigenvalue weighted by Crippen LogP contribution is 2.12. The Morgan fingerprint density at radius 1 is 1.31 bits per heavy atom. The molecule has 2 N–H and O–H groups in total. The SMILES string of the molecule is CN(C)c1nc(N)nc(-n2cc(Br)cn2)n1. The molecule has 0 aliphatic carbocycles. The Bertz CT molecular complexity index is 507. The maximum absolute atomic E-state index is 5.60. The molecule has 0 fully saturated rings. The van der Waals surface area contributed by atoms with E-state index in [0.717, 1.165) is 4.47 Å². The molecule has 0 radical (unpaired) electrons. The van der Waals surface area contributed by atoms with Crippen LogP contribution in [0.3, 0.4) is 0 Å². The van der Waals surface area contributed by atoms with Gasteiger partial charge in [0.1, 0.15) is 0 Å². The first-order chi connectivity index (χ1) is 7.56. The topological polar surface area (TPSA) is 85.8 Å². The van der Waals surface area contributed by atoms with E-state index in [4.69, 9.17) is 5.73 Å². The van der Waals surface area contributed by atoms with Crippen LogP contribution in [-0.4, -0.2) is 38.8 Å². The van der Waals surface area contributed by atoms with Crippen molar-refractivity contribution in [2.24, 2.45) is 0 Å². The summed E-state index contributed by atoms with van der Waals surface area (Å²) in [5, 5.41) is 4.07. The Labute approximate surface area is 100 Å². The fourth-order valence-corrected chi connectivity index (χ4v) is 1.37. The molecule has 2 rings (SSSR count). The molecule has 84 valence electrons.